The molecule has 0 amide bonds. The zero-order valence-electron chi connectivity index (χ0n) is 9.32. The lowest BCUT2D eigenvalue weighted by atomic mass is 9.87. The van der Waals surface area contributed by atoms with Gasteiger partial charge in [-0.05, 0) is 13.0 Å². The summed E-state index contributed by atoms with van der Waals surface area (Å²) in [5.74, 6) is 0.884. The van der Waals surface area contributed by atoms with Crippen molar-refractivity contribution in [3.05, 3.63) is 29.8 Å². The molecule has 0 fully saturated rings. The topological polar surface area (TPSA) is 27.7 Å². The van der Waals surface area contributed by atoms with Crippen LogP contribution in [-0.4, -0.2) is 26.9 Å². The van der Waals surface area contributed by atoms with E-state index in [0.29, 0.717) is 6.61 Å². The van der Waals surface area contributed by atoms with Gasteiger partial charge in [-0.15, -0.1) is 0 Å². The molecule has 3 heteroatoms. The number of hydrogen-bond donors (Lipinski definition) is 0. The lowest BCUT2D eigenvalue weighted by Crippen LogP contribution is -2.46. The van der Waals surface area contributed by atoms with Crippen molar-refractivity contribution in [1.29, 1.82) is 0 Å². The maximum absolute atomic E-state index is 5.62. The molecule has 1 heterocycles. The molecule has 0 spiro atoms. The third kappa shape index (κ3) is 1.52. The molecule has 82 valence electrons. The first kappa shape index (κ1) is 10.5. The molecular formula is C12H16O3. The number of hydrogen-bond acceptors (Lipinski definition) is 3. The van der Waals surface area contributed by atoms with Gasteiger partial charge >= 0.3 is 0 Å². The third-order valence-corrected chi connectivity index (χ3v) is 3.14. The summed E-state index contributed by atoms with van der Waals surface area (Å²) >= 11 is 0. The van der Waals surface area contributed by atoms with Crippen molar-refractivity contribution < 1.29 is 14.2 Å². The number of fused-ring (bicyclic) bond motifs is 1. The highest BCUT2D eigenvalue weighted by Crippen LogP contribution is 2.39. The summed E-state index contributed by atoms with van der Waals surface area (Å²) in [6, 6.07) is 7.92. The van der Waals surface area contributed by atoms with E-state index in [0.717, 1.165) is 11.3 Å². The van der Waals surface area contributed by atoms with E-state index in [4.69, 9.17) is 14.2 Å². The number of benzene rings is 1. The Balaban J connectivity index is 2.48. The minimum atomic E-state index is -0.427. The molecule has 0 saturated carbocycles. The first-order chi connectivity index (χ1) is 7.22. The molecule has 15 heavy (non-hydrogen) atoms. The van der Waals surface area contributed by atoms with Crippen molar-refractivity contribution in [3.8, 4) is 5.75 Å². The van der Waals surface area contributed by atoms with E-state index in [9.17, 15) is 0 Å². The van der Waals surface area contributed by atoms with Crippen molar-refractivity contribution in [2.24, 2.45) is 0 Å². The van der Waals surface area contributed by atoms with Crippen LogP contribution >= 0.6 is 0 Å². The first-order valence-corrected chi connectivity index (χ1v) is 5.02. The Bertz CT molecular complexity index is 350. The Kier molecular flexibility index (Phi) is 2.67. The summed E-state index contributed by atoms with van der Waals surface area (Å²) in [5.41, 5.74) is 0.620. The number of ether oxygens (including phenoxy) is 3. The van der Waals surface area contributed by atoms with Gasteiger partial charge in [0.05, 0.1) is 0 Å². The van der Waals surface area contributed by atoms with Crippen LogP contribution in [0.15, 0.2) is 24.3 Å². The van der Waals surface area contributed by atoms with Gasteiger partial charge in [0.25, 0.3) is 0 Å². The Labute approximate surface area is 90.0 Å². The maximum atomic E-state index is 5.62. The van der Waals surface area contributed by atoms with Crippen LogP contribution in [0.2, 0.25) is 0 Å². The molecule has 0 aliphatic carbocycles. The molecule has 2 atom stereocenters. The van der Waals surface area contributed by atoms with Gasteiger partial charge < -0.3 is 14.2 Å². The van der Waals surface area contributed by atoms with Crippen LogP contribution < -0.4 is 4.74 Å². The summed E-state index contributed by atoms with van der Waals surface area (Å²) in [4.78, 5) is 0. The lowest BCUT2D eigenvalue weighted by Gasteiger charge is -2.40. The zero-order valence-corrected chi connectivity index (χ0v) is 9.32. The fraction of sp³-hybridized carbons (Fsp3) is 0.500. The zero-order chi connectivity index (χ0) is 10.9. The van der Waals surface area contributed by atoms with Crippen molar-refractivity contribution in [3.63, 3.8) is 0 Å². The highest BCUT2D eigenvalue weighted by Gasteiger charge is 2.42. The molecule has 0 aromatic heterocycles. The Morgan fingerprint density at radius 3 is 2.73 bits per heavy atom. The van der Waals surface area contributed by atoms with Crippen LogP contribution in [0.1, 0.15) is 12.5 Å². The molecule has 3 nitrogen and oxygen atoms in total. The largest absolute Gasteiger partial charge is 0.490 e. The smallest absolute Gasteiger partial charge is 0.125 e. The third-order valence-electron chi connectivity index (χ3n) is 3.14. The SMILES string of the molecule is CO[C@H]1COc2ccccc2[C@@]1(C)OC. The van der Waals surface area contributed by atoms with E-state index in [1.165, 1.54) is 0 Å². The van der Waals surface area contributed by atoms with E-state index in [-0.39, 0.29) is 6.10 Å². The lowest BCUT2D eigenvalue weighted by molar-refractivity contribution is -0.137. The van der Waals surface area contributed by atoms with Crippen LogP contribution in [0, 0.1) is 0 Å². The monoisotopic (exact) mass is 208 g/mol. The second-order valence-electron chi connectivity index (χ2n) is 3.84. The van der Waals surface area contributed by atoms with Crippen LogP contribution in [0.4, 0.5) is 0 Å². The van der Waals surface area contributed by atoms with Crippen LogP contribution in [0.25, 0.3) is 0 Å². The second-order valence-corrected chi connectivity index (χ2v) is 3.84. The van der Waals surface area contributed by atoms with Gasteiger partial charge in [-0.25, -0.2) is 0 Å². The number of methoxy groups -OCH3 is 2. The van der Waals surface area contributed by atoms with Crippen LogP contribution in [-0.2, 0) is 15.1 Å². The quantitative estimate of drug-likeness (QED) is 0.743. The molecule has 0 radical (unpaired) electrons. The first-order valence-electron chi connectivity index (χ1n) is 5.02. The number of rotatable bonds is 2. The van der Waals surface area contributed by atoms with E-state index < -0.39 is 5.60 Å². The molecule has 2 rings (SSSR count). The molecule has 0 bridgehead atoms. The highest BCUT2D eigenvalue weighted by molar-refractivity contribution is 5.40. The van der Waals surface area contributed by atoms with E-state index >= 15 is 0 Å². The average molecular weight is 208 g/mol. The number of para-hydroxylation sites is 1. The summed E-state index contributed by atoms with van der Waals surface area (Å²) in [6.45, 7) is 2.56. The Morgan fingerprint density at radius 1 is 1.33 bits per heavy atom. The van der Waals surface area contributed by atoms with Gasteiger partial charge in [0, 0.05) is 19.8 Å². The minimum Gasteiger partial charge on any atom is -0.490 e. The normalized spacial score (nSPS) is 29.4. The van der Waals surface area contributed by atoms with E-state index in [1.807, 2.05) is 31.2 Å². The molecule has 1 aliphatic rings. The van der Waals surface area contributed by atoms with Crippen molar-refractivity contribution >= 4 is 0 Å². The molecule has 0 saturated heterocycles. The predicted octanol–water partition coefficient (Wildman–Crippen LogP) is 1.96. The molecular weight excluding hydrogens is 192 g/mol. The fourth-order valence-corrected chi connectivity index (χ4v) is 2.03. The molecule has 1 aromatic rings. The van der Waals surface area contributed by atoms with Gasteiger partial charge in [0.2, 0.25) is 0 Å². The van der Waals surface area contributed by atoms with Crippen molar-refractivity contribution in [2.45, 2.75) is 18.6 Å². The predicted molar refractivity (Wildman–Crippen MR) is 57.1 cm³/mol. The molecule has 0 N–H and O–H groups in total. The summed E-state index contributed by atoms with van der Waals surface area (Å²) in [6.07, 6.45) is -0.0719. The molecule has 1 aliphatic heterocycles. The van der Waals surface area contributed by atoms with Gasteiger partial charge in [0.1, 0.15) is 24.1 Å². The minimum absolute atomic E-state index is 0.0719. The second kappa shape index (κ2) is 3.83. The van der Waals surface area contributed by atoms with Gasteiger partial charge in [-0.1, -0.05) is 18.2 Å². The Hall–Kier alpha value is -1.06. The summed E-state index contributed by atoms with van der Waals surface area (Å²) in [7, 11) is 3.38. The van der Waals surface area contributed by atoms with Gasteiger partial charge in [0.15, 0.2) is 0 Å². The van der Waals surface area contributed by atoms with Crippen molar-refractivity contribution in [2.75, 3.05) is 20.8 Å². The standard InChI is InChI=1S/C12H16O3/c1-12(14-3)9-6-4-5-7-10(9)15-8-11(12)13-2/h4-7,11H,8H2,1-3H3/t11-,12+/m0/s1. The maximum Gasteiger partial charge on any atom is 0.125 e. The van der Waals surface area contributed by atoms with Crippen LogP contribution in [0.5, 0.6) is 5.75 Å². The summed E-state index contributed by atoms with van der Waals surface area (Å²) in [5, 5.41) is 0. The molecule has 0 unspecified atom stereocenters. The molecule has 1 aromatic carbocycles. The fourth-order valence-electron chi connectivity index (χ4n) is 2.03. The van der Waals surface area contributed by atoms with Gasteiger partial charge in [-0.2, -0.15) is 0 Å². The van der Waals surface area contributed by atoms with Crippen molar-refractivity contribution in [1.82, 2.24) is 0 Å². The Morgan fingerprint density at radius 2 is 2.07 bits per heavy atom. The average Bonchev–Trinajstić information content (AvgIpc) is 2.30. The van der Waals surface area contributed by atoms with Crippen LogP contribution in [0.3, 0.4) is 0 Å². The summed E-state index contributed by atoms with van der Waals surface area (Å²) < 4.78 is 16.6. The van der Waals surface area contributed by atoms with Gasteiger partial charge in [-0.3, -0.25) is 0 Å². The van der Waals surface area contributed by atoms with E-state index in [2.05, 4.69) is 0 Å². The van der Waals surface area contributed by atoms with E-state index in [1.54, 1.807) is 14.2 Å². The highest BCUT2D eigenvalue weighted by atomic mass is 16.6.